The van der Waals surface area contributed by atoms with E-state index in [0.29, 0.717) is 41.5 Å². The third kappa shape index (κ3) is 3.28. The van der Waals surface area contributed by atoms with E-state index >= 15 is 0 Å². The van der Waals surface area contributed by atoms with Crippen LogP contribution in [0.25, 0.3) is 5.76 Å². The van der Waals surface area contributed by atoms with Gasteiger partial charge in [0, 0.05) is 23.6 Å². The Hall–Kier alpha value is -4.13. The van der Waals surface area contributed by atoms with Gasteiger partial charge in [0.05, 0.1) is 11.6 Å². The van der Waals surface area contributed by atoms with Gasteiger partial charge in [0.1, 0.15) is 19.0 Å². The molecule has 7 heteroatoms. The van der Waals surface area contributed by atoms with E-state index in [2.05, 4.69) is 4.98 Å². The van der Waals surface area contributed by atoms with Crippen LogP contribution in [0.3, 0.4) is 0 Å². The minimum atomic E-state index is -0.798. The third-order valence-electron chi connectivity index (χ3n) is 5.56. The number of benzene rings is 2. The molecule has 1 aromatic heterocycles. The molecule has 32 heavy (non-hydrogen) atoms. The number of carbonyl (C=O) groups is 2. The van der Waals surface area contributed by atoms with Crippen LogP contribution >= 0.6 is 0 Å². The molecule has 1 atom stereocenters. The Morgan fingerprint density at radius 3 is 2.50 bits per heavy atom. The molecule has 3 aromatic rings. The molecule has 0 spiro atoms. The standard InChI is InChI=1S/C25H20N2O5/c1-15-3-2-4-18(13-15)27-22(16-7-9-26-10-8-16)21(24(29)25(27)30)23(28)17-5-6-19-20(14-17)32-12-11-31-19/h2-10,13-14,22,28H,11-12H2,1H3/b23-21-. The van der Waals surface area contributed by atoms with Crippen LogP contribution in [-0.2, 0) is 9.59 Å². The van der Waals surface area contributed by atoms with E-state index in [1.54, 1.807) is 48.8 Å². The summed E-state index contributed by atoms with van der Waals surface area (Å²) in [6.45, 7) is 2.75. The van der Waals surface area contributed by atoms with Crippen molar-refractivity contribution in [3.63, 3.8) is 0 Å². The Morgan fingerprint density at radius 1 is 1.00 bits per heavy atom. The Labute approximate surface area is 184 Å². The largest absolute Gasteiger partial charge is 0.507 e. The SMILES string of the molecule is Cc1cccc(N2C(=O)C(=O)/C(=C(\O)c3ccc4c(c3)OCCO4)C2c2ccncc2)c1. The number of ether oxygens (including phenoxy) is 2. The molecule has 3 heterocycles. The predicted octanol–water partition coefficient (Wildman–Crippen LogP) is 3.79. The lowest BCUT2D eigenvalue weighted by molar-refractivity contribution is -0.132. The zero-order valence-electron chi connectivity index (χ0n) is 17.3. The van der Waals surface area contributed by atoms with Crippen molar-refractivity contribution in [3.8, 4) is 11.5 Å². The van der Waals surface area contributed by atoms with Gasteiger partial charge < -0.3 is 14.6 Å². The first-order chi connectivity index (χ1) is 15.5. The van der Waals surface area contributed by atoms with Crippen LogP contribution in [-0.4, -0.2) is 35.0 Å². The number of aromatic nitrogens is 1. The minimum absolute atomic E-state index is 0.0133. The topological polar surface area (TPSA) is 89.0 Å². The molecule has 1 fully saturated rings. The highest BCUT2D eigenvalue weighted by Gasteiger charge is 2.47. The minimum Gasteiger partial charge on any atom is -0.507 e. The van der Waals surface area contributed by atoms with E-state index in [4.69, 9.17) is 9.47 Å². The number of pyridine rings is 1. The molecule has 0 radical (unpaired) electrons. The van der Waals surface area contributed by atoms with Crippen molar-refractivity contribution < 1.29 is 24.2 Å². The highest BCUT2D eigenvalue weighted by molar-refractivity contribution is 6.51. The highest BCUT2D eigenvalue weighted by Crippen LogP contribution is 2.43. The van der Waals surface area contributed by atoms with Crippen molar-refractivity contribution >= 4 is 23.1 Å². The number of aliphatic hydroxyl groups is 1. The second kappa shape index (κ2) is 7.85. The molecular formula is C25H20N2O5. The molecule has 0 saturated carbocycles. The number of hydrogen-bond donors (Lipinski definition) is 1. The summed E-state index contributed by atoms with van der Waals surface area (Å²) in [6, 6.07) is 15.0. The van der Waals surface area contributed by atoms with Crippen molar-refractivity contribution in [2.45, 2.75) is 13.0 Å². The number of hydrogen-bond acceptors (Lipinski definition) is 6. The molecule has 5 rings (SSSR count). The van der Waals surface area contributed by atoms with E-state index in [1.165, 1.54) is 4.90 Å². The third-order valence-corrected chi connectivity index (χ3v) is 5.56. The molecule has 1 unspecified atom stereocenters. The van der Waals surface area contributed by atoms with Gasteiger partial charge in [-0.15, -0.1) is 0 Å². The average Bonchev–Trinajstić information content (AvgIpc) is 3.09. The van der Waals surface area contributed by atoms with Gasteiger partial charge >= 0.3 is 0 Å². The number of ketones is 1. The molecule has 2 aliphatic rings. The van der Waals surface area contributed by atoms with Gasteiger partial charge in [-0.05, 0) is 60.5 Å². The van der Waals surface area contributed by atoms with Crippen molar-refractivity contribution in [1.29, 1.82) is 0 Å². The Kier molecular flexibility index (Phi) is 4.86. The van der Waals surface area contributed by atoms with E-state index < -0.39 is 17.7 Å². The highest BCUT2D eigenvalue weighted by atomic mass is 16.6. The lowest BCUT2D eigenvalue weighted by atomic mass is 9.95. The molecule has 0 aliphatic carbocycles. The van der Waals surface area contributed by atoms with Gasteiger partial charge in [-0.2, -0.15) is 0 Å². The summed E-state index contributed by atoms with van der Waals surface area (Å²) in [7, 11) is 0. The predicted molar refractivity (Wildman–Crippen MR) is 118 cm³/mol. The quantitative estimate of drug-likeness (QED) is 0.388. The maximum absolute atomic E-state index is 13.2. The number of carbonyl (C=O) groups excluding carboxylic acids is 2. The zero-order valence-corrected chi connectivity index (χ0v) is 17.3. The second-order valence-corrected chi connectivity index (χ2v) is 7.65. The van der Waals surface area contributed by atoms with Crippen LogP contribution in [0.1, 0.15) is 22.7 Å². The van der Waals surface area contributed by atoms with E-state index in [-0.39, 0.29) is 11.3 Å². The first-order valence-corrected chi connectivity index (χ1v) is 10.2. The summed E-state index contributed by atoms with van der Waals surface area (Å²) in [5, 5.41) is 11.2. The Bertz CT molecular complexity index is 1250. The summed E-state index contributed by atoms with van der Waals surface area (Å²) < 4.78 is 11.2. The molecule has 160 valence electrons. The normalized spacial score (nSPS) is 19.3. The number of aliphatic hydroxyl groups excluding tert-OH is 1. The maximum Gasteiger partial charge on any atom is 0.300 e. The fourth-order valence-corrected chi connectivity index (χ4v) is 4.08. The number of rotatable bonds is 3. The molecule has 1 N–H and O–H groups in total. The van der Waals surface area contributed by atoms with Gasteiger partial charge in [-0.25, -0.2) is 0 Å². The zero-order chi connectivity index (χ0) is 22.2. The van der Waals surface area contributed by atoms with Gasteiger partial charge in [0.2, 0.25) is 0 Å². The first-order valence-electron chi connectivity index (χ1n) is 10.2. The number of Topliss-reactive ketones (excluding diaryl/α,β-unsaturated/α-hetero) is 1. The first kappa shape index (κ1) is 19.8. The van der Waals surface area contributed by atoms with Gasteiger partial charge in [-0.1, -0.05) is 12.1 Å². The van der Waals surface area contributed by atoms with Gasteiger partial charge in [-0.3, -0.25) is 19.5 Å². The Balaban J connectivity index is 1.69. The number of nitrogens with zero attached hydrogens (tertiary/aromatic N) is 2. The fraction of sp³-hybridized carbons (Fsp3) is 0.160. The van der Waals surface area contributed by atoms with Crippen molar-refractivity contribution in [1.82, 2.24) is 4.98 Å². The summed E-state index contributed by atoms with van der Waals surface area (Å²) >= 11 is 0. The molecule has 7 nitrogen and oxygen atoms in total. The van der Waals surface area contributed by atoms with Crippen LogP contribution in [0.4, 0.5) is 5.69 Å². The molecule has 2 aromatic carbocycles. The number of aryl methyl sites for hydroxylation is 1. The average molecular weight is 428 g/mol. The summed E-state index contributed by atoms with van der Waals surface area (Å²) in [4.78, 5) is 31.8. The van der Waals surface area contributed by atoms with Crippen LogP contribution in [0.2, 0.25) is 0 Å². The van der Waals surface area contributed by atoms with Gasteiger partial charge in [0.15, 0.2) is 11.5 Å². The van der Waals surface area contributed by atoms with Crippen molar-refractivity contribution in [2.24, 2.45) is 0 Å². The molecular weight excluding hydrogens is 408 g/mol. The molecule has 2 aliphatic heterocycles. The molecule has 1 amide bonds. The van der Waals surface area contributed by atoms with Crippen LogP contribution in [0.15, 0.2) is 72.6 Å². The van der Waals surface area contributed by atoms with Crippen LogP contribution in [0.5, 0.6) is 11.5 Å². The molecule has 0 bridgehead atoms. The van der Waals surface area contributed by atoms with Crippen LogP contribution < -0.4 is 14.4 Å². The lowest BCUT2D eigenvalue weighted by Gasteiger charge is -2.25. The van der Waals surface area contributed by atoms with Crippen molar-refractivity contribution in [2.75, 3.05) is 18.1 Å². The summed E-state index contributed by atoms with van der Waals surface area (Å²) in [6.07, 6.45) is 3.19. The lowest BCUT2D eigenvalue weighted by Crippen LogP contribution is -2.29. The van der Waals surface area contributed by atoms with Gasteiger partial charge in [0.25, 0.3) is 11.7 Å². The second-order valence-electron chi connectivity index (χ2n) is 7.65. The Morgan fingerprint density at radius 2 is 1.75 bits per heavy atom. The fourth-order valence-electron chi connectivity index (χ4n) is 4.08. The summed E-state index contributed by atoms with van der Waals surface area (Å²) in [5.41, 5.74) is 2.58. The van der Waals surface area contributed by atoms with E-state index in [0.717, 1.165) is 5.56 Å². The van der Waals surface area contributed by atoms with Crippen molar-refractivity contribution in [3.05, 3.63) is 89.3 Å². The number of amides is 1. The maximum atomic E-state index is 13.2. The monoisotopic (exact) mass is 428 g/mol. The molecule has 1 saturated heterocycles. The number of fused-ring (bicyclic) bond motifs is 1. The van der Waals surface area contributed by atoms with E-state index in [9.17, 15) is 14.7 Å². The smallest absolute Gasteiger partial charge is 0.300 e. The number of anilines is 1. The van der Waals surface area contributed by atoms with Crippen LogP contribution in [0, 0.1) is 6.92 Å². The summed E-state index contributed by atoms with van der Waals surface area (Å²) in [5.74, 6) is -0.665. The van der Waals surface area contributed by atoms with E-state index in [1.807, 2.05) is 25.1 Å².